The molecule has 7 nitrogen and oxygen atoms in total. The summed E-state index contributed by atoms with van der Waals surface area (Å²) in [6.45, 7) is 2.96. The summed E-state index contributed by atoms with van der Waals surface area (Å²) in [4.78, 5) is 14.7. The minimum atomic E-state index is -3.43. The number of benzene rings is 2. The topological polar surface area (TPSA) is 87.7 Å². The lowest BCUT2D eigenvalue weighted by Gasteiger charge is -2.30. The van der Waals surface area contributed by atoms with Gasteiger partial charge in [0, 0.05) is 30.1 Å². The van der Waals surface area contributed by atoms with Crippen LogP contribution in [-0.2, 0) is 16.4 Å². The van der Waals surface area contributed by atoms with Gasteiger partial charge in [-0.2, -0.15) is 0 Å². The number of likely N-dealkylation sites (tertiary alicyclic amines) is 1. The van der Waals surface area contributed by atoms with Gasteiger partial charge in [-0.15, -0.1) is 0 Å². The molecule has 2 atom stereocenters. The molecule has 1 heterocycles. The first-order valence-electron chi connectivity index (χ1n) is 11.0. The molecular weight excluding hydrogens is 426 g/mol. The Bertz CT molecular complexity index is 1080. The first-order chi connectivity index (χ1) is 15.3. The van der Waals surface area contributed by atoms with Gasteiger partial charge in [-0.25, -0.2) is 17.9 Å². The van der Waals surface area contributed by atoms with Gasteiger partial charge in [0.05, 0.1) is 19.4 Å². The molecule has 0 bridgehead atoms. The molecule has 0 radical (unpaired) electrons. The van der Waals surface area contributed by atoms with Crippen molar-refractivity contribution in [3.05, 3.63) is 54.1 Å². The van der Waals surface area contributed by atoms with Crippen LogP contribution in [0.3, 0.4) is 0 Å². The second-order valence-electron chi connectivity index (χ2n) is 8.83. The average Bonchev–Trinajstić information content (AvgIpc) is 3.49. The van der Waals surface area contributed by atoms with Crippen molar-refractivity contribution in [2.24, 2.45) is 5.41 Å². The van der Waals surface area contributed by atoms with Crippen LogP contribution < -0.4 is 14.8 Å². The van der Waals surface area contributed by atoms with Crippen LogP contribution in [0.1, 0.15) is 25.3 Å². The van der Waals surface area contributed by atoms with Crippen molar-refractivity contribution >= 4 is 16.1 Å². The molecule has 4 rings (SSSR count). The minimum absolute atomic E-state index is 0.153. The number of para-hydroxylation sites is 1. The van der Waals surface area contributed by atoms with Gasteiger partial charge in [0.15, 0.2) is 0 Å². The van der Waals surface area contributed by atoms with Crippen molar-refractivity contribution in [3.8, 4) is 16.9 Å². The Morgan fingerprint density at radius 2 is 1.88 bits per heavy atom. The first-order valence-corrected chi connectivity index (χ1v) is 12.9. The molecule has 2 fully saturated rings. The second-order valence-corrected chi connectivity index (χ2v) is 10.6. The van der Waals surface area contributed by atoms with E-state index in [2.05, 4.69) is 10.0 Å². The van der Waals surface area contributed by atoms with Crippen LogP contribution in [0.5, 0.6) is 5.75 Å². The lowest BCUT2D eigenvalue weighted by atomic mass is 9.91. The van der Waals surface area contributed by atoms with E-state index in [1.807, 2.05) is 60.4 Å². The van der Waals surface area contributed by atoms with E-state index in [0.717, 1.165) is 35.3 Å². The predicted molar refractivity (Wildman–Crippen MR) is 125 cm³/mol. The van der Waals surface area contributed by atoms with E-state index >= 15 is 0 Å². The Kier molecular flexibility index (Phi) is 6.18. The van der Waals surface area contributed by atoms with E-state index < -0.39 is 10.0 Å². The van der Waals surface area contributed by atoms with Gasteiger partial charge >= 0.3 is 6.03 Å². The zero-order valence-electron chi connectivity index (χ0n) is 18.8. The maximum atomic E-state index is 12.9. The summed E-state index contributed by atoms with van der Waals surface area (Å²) in [6, 6.07) is 15.2. The monoisotopic (exact) mass is 457 g/mol. The molecule has 1 aliphatic carbocycles. The SMILES string of the molecule is CCNC(=O)N1CC2(CC2)[C@H](NS(C)(=O)=O)[C@@H]1Cc1cccc(-c2ccccc2)c1OC. The van der Waals surface area contributed by atoms with Crippen molar-refractivity contribution in [1.82, 2.24) is 14.9 Å². The number of carbonyl (C=O) groups is 1. The smallest absolute Gasteiger partial charge is 0.317 e. The first kappa shape index (κ1) is 22.6. The Labute approximate surface area is 190 Å². The molecule has 1 spiro atoms. The summed E-state index contributed by atoms with van der Waals surface area (Å²) in [5.41, 5.74) is 2.78. The number of hydrogen-bond acceptors (Lipinski definition) is 4. The molecule has 1 saturated carbocycles. The number of nitrogens with zero attached hydrogens (tertiary/aromatic N) is 1. The van der Waals surface area contributed by atoms with Gasteiger partial charge in [0.25, 0.3) is 0 Å². The van der Waals surface area contributed by atoms with Crippen molar-refractivity contribution < 1.29 is 17.9 Å². The third-order valence-electron chi connectivity index (χ3n) is 6.57. The Hall–Kier alpha value is -2.58. The Morgan fingerprint density at radius 1 is 1.16 bits per heavy atom. The van der Waals surface area contributed by atoms with E-state index in [1.54, 1.807) is 7.11 Å². The number of ether oxygens (including phenoxy) is 1. The zero-order chi connectivity index (χ0) is 22.9. The highest BCUT2D eigenvalue weighted by Gasteiger charge is 2.61. The molecule has 8 heteroatoms. The highest BCUT2D eigenvalue weighted by atomic mass is 32.2. The van der Waals surface area contributed by atoms with Crippen molar-refractivity contribution in [2.75, 3.05) is 26.5 Å². The molecule has 32 heavy (non-hydrogen) atoms. The van der Waals surface area contributed by atoms with Gasteiger partial charge in [0.2, 0.25) is 10.0 Å². The molecular formula is C24H31N3O4S. The predicted octanol–water partition coefficient (Wildman–Crippen LogP) is 3.02. The number of urea groups is 1. The quantitative estimate of drug-likeness (QED) is 0.669. The molecule has 2 aromatic carbocycles. The molecule has 1 saturated heterocycles. The van der Waals surface area contributed by atoms with Gasteiger partial charge in [-0.1, -0.05) is 48.5 Å². The summed E-state index contributed by atoms with van der Waals surface area (Å²) < 4.78 is 33.1. The van der Waals surface area contributed by atoms with Crippen LogP contribution in [-0.4, -0.2) is 57.9 Å². The summed E-state index contributed by atoms with van der Waals surface area (Å²) in [5.74, 6) is 0.754. The molecule has 0 unspecified atom stereocenters. The van der Waals surface area contributed by atoms with Gasteiger partial charge < -0.3 is 15.0 Å². The number of amides is 2. The number of carbonyl (C=O) groups excluding carboxylic acids is 1. The standard InChI is InChI=1S/C24H31N3O4S/c1-4-25-23(28)27-16-24(13-14-24)22(26-32(3,29)30)20(27)15-18-11-8-12-19(21(18)31-2)17-9-6-5-7-10-17/h5-12,20,22,26H,4,13-16H2,1-3H3,(H,25,28)/t20-,22+/m0/s1. The molecule has 172 valence electrons. The van der Waals surface area contributed by atoms with Crippen LogP contribution in [0.25, 0.3) is 11.1 Å². The number of sulfonamides is 1. The Balaban J connectivity index is 1.73. The van der Waals surface area contributed by atoms with Crippen LogP contribution in [0.15, 0.2) is 48.5 Å². The van der Waals surface area contributed by atoms with Crippen molar-refractivity contribution in [1.29, 1.82) is 0 Å². The van der Waals surface area contributed by atoms with E-state index in [0.29, 0.717) is 19.5 Å². The number of hydrogen-bond donors (Lipinski definition) is 2. The fraction of sp³-hybridized carbons (Fsp3) is 0.458. The van der Waals surface area contributed by atoms with Gasteiger partial charge in [-0.05, 0) is 37.3 Å². The third-order valence-corrected chi connectivity index (χ3v) is 7.25. The number of rotatable bonds is 7. The maximum absolute atomic E-state index is 12.9. The second kappa shape index (κ2) is 8.75. The van der Waals surface area contributed by atoms with Crippen LogP contribution in [0, 0.1) is 5.41 Å². The highest BCUT2D eigenvalue weighted by Crippen LogP contribution is 2.55. The van der Waals surface area contributed by atoms with E-state index in [1.165, 1.54) is 6.26 Å². The Morgan fingerprint density at radius 3 is 2.47 bits per heavy atom. The molecule has 2 aliphatic rings. The normalized spacial score (nSPS) is 21.5. The molecule has 2 N–H and O–H groups in total. The zero-order valence-corrected chi connectivity index (χ0v) is 19.6. The van der Waals surface area contributed by atoms with Gasteiger partial charge in [0.1, 0.15) is 5.75 Å². The lowest BCUT2D eigenvalue weighted by Crippen LogP contribution is -2.51. The fourth-order valence-corrected chi connectivity index (χ4v) is 5.84. The van der Waals surface area contributed by atoms with E-state index in [-0.39, 0.29) is 23.5 Å². The molecule has 1 aliphatic heterocycles. The van der Waals surface area contributed by atoms with Crippen molar-refractivity contribution in [2.45, 2.75) is 38.3 Å². The summed E-state index contributed by atoms with van der Waals surface area (Å²) in [7, 11) is -1.78. The summed E-state index contributed by atoms with van der Waals surface area (Å²) >= 11 is 0. The van der Waals surface area contributed by atoms with Gasteiger partial charge in [-0.3, -0.25) is 0 Å². The third kappa shape index (κ3) is 4.47. The van der Waals surface area contributed by atoms with Crippen LogP contribution >= 0.6 is 0 Å². The highest BCUT2D eigenvalue weighted by molar-refractivity contribution is 7.88. The lowest BCUT2D eigenvalue weighted by molar-refractivity contribution is 0.189. The molecule has 0 aromatic heterocycles. The number of nitrogens with one attached hydrogen (secondary N) is 2. The largest absolute Gasteiger partial charge is 0.496 e. The van der Waals surface area contributed by atoms with Crippen molar-refractivity contribution in [3.63, 3.8) is 0 Å². The average molecular weight is 458 g/mol. The molecule has 2 aromatic rings. The summed E-state index contributed by atoms with van der Waals surface area (Å²) in [6.07, 6.45) is 3.50. The molecule has 2 amide bonds. The fourth-order valence-electron chi connectivity index (χ4n) is 4.97. The minimum Gasteiger partial charge on any atom is -0.496 e. The van der Waals surface area contributed by atoms with Crippen LogP contribution in [0.2, 0.25) is 0 Å². The number of methoxy groups -OCH3 is 1. The van der Waals surface area contributed by atoms with Crippen LogP contribution in [0.4, 0.5) is 4.79 Å². The maximum Gasteiger partial charge on any atom is 0.317 e. The van der Waals surface area contributed by atoms with E-state index in [4.69, 9.17) is 4.74 Å². The summed E-state index contributed by atoms with van der Waals surface area (Å²) in [5, 5.41) is 2.90. The van der Waals surface area contributed by atoms with E-state index in [9.17, 15) is 13.2 Å².